The number of carboxylic acids is 1. The Balaban J connectivity index is 1.95. The van der Waals surface area contributed by atoms with E-state index in [9.17, 15) is 9.59 Å². The maximum absolute atomic E-state index is 10.9. The molecular weight excluding hydrogens is 284 g/mol. The molecule has 0 radical (unpaired) electrons. The van der Waals surface area contributed by atoms with Crippen molar-refractivity contribution in [2.24, 2.45) is 4.99 Å². The van der Waals surface area contributed by atoms with Crippen LogP contribution in [0.15, 0.2) is 53.7 Å². The first-order valence-corrected chi connectivity index (χ1v) is 6.60. The van der Waals surface area contributed by atoms with Gasteiger partial charge in [0.2, 0.25) is 6.08 Å². The average molecular weight is 298 g/mol. The van der Waals surface area contributed by atoms with Crippen LogP contribution in [0.2, 0.25) is 0 Å². The van der Waals surface area contributed by atoms with Crippen LogP contribution in [0.4, 0.5) is 0 Å². The number of benzene rings is 1. The zero-order valence-electron chi connectivity index (χ0n) is 11.7. The summed E-state index contributed by atoms with van der Waals surface area (Å²) in [5.74, 6) is -0.501. The maximum Gasteiger partial charge on any atom is 0.329 e. The van der Waals surface area contributed by atoms with Crippen LogP contribution in [-0.2, 0) is 22.6 Å². The molecule has 1 aromatic carbocycles. The first-order valence-electron chi connectivity index (χ1n) is 6.60. The van der Waals surface area contributed by atoms with E-state index >= 15 is 0 Å². The molecule has 0 aliphatic rings. The number of carbonyl (C=O) groups excluding carboxylic acids is 1. The summed E-state index contributed by atoms with van der Waals surface area (Å²) < 4.78 is 5.58. The van der Waals surface area contributed by atoms with Crippen molar-refractivity contribution in [3.63, 3.8) is 0 Å². The highest BCUT2D eigenvalue weighted by atomic mass is 16.5. The molecule has 1 N–H and O–H groups in total. The van der Waals surface area contributed by atoms with Gasteiger partial charge < -0.3 is 9.84 Å². The fourth-order valence-electron chi connectivity index (χ4n) is 1.84. The van der Waals surface area contributed by atoms with E-state index in [0.717, 1.165) is 11.3 Å². The Morgan fingerprint density at radius 2 is 2.05 bits per heavy atom. The number of hydrogen-bond acceptors (Lipinski definition) is 5. The Hall–Kier alpha value is -2.98. The number of aliphatic imine (C=N–C) groups is 1. The highest BCUT2D eigenvalue weighted by Crippen LogP contribution is 2.15. The van der Waals surface area contributed by atoms with Crippen LogP contribution in [0, 0.1) is 0 Å². The van der Waals surface area contributed by atoms with Crippen LogP contribution < -0.4 is 4.74 Å². The van der Waals surface area contributed by atoms with Gasteiger partial charge in [0.15, 0.2) is 6.04 Å². The van der Waals surface area contributed by atoms with E-state index in [0.29, 0.717) is 12.4 Å². The number of carbonyl (C=O) groups is 1. The van der Waals surface area contributed by atoms with Crippen molar-refractivity contribution in [2.45, 2.75) is 19.1 Å². The molecule has 2 aromatic rings. The van der Waals surface area contributed by atoms with E-state index in [1.165, 1.54) is 6.08 Å². The molecule has 112 valence electrons. The van der Waals surface area contributed by atoms with E-state index in [1.54, 1.807) is 30.5 Å². The largest absolute Gasteiger partial charge is 0.487 e. The molecule has 0 bridgehead atoms. The van der Waals surface area contributed by atoms with Crippen molar-refractivity contribution in [2.75, 3.05) is 0 Å². The minimum Gasteiger partial charge on any atom is -0.487 e. The lowest BCUT2D eigenvalue weighted by Crippen LogP contribution is -2.20. The first-order chi connectivity index (χ1) is 10.7. The molecule has 22 heavy (non-hydrogen) atoms. The second-order valence-electron chi connectivity index (χ2n) is 4.53. The summed E-state index contributed by atoms with van der Waals surface area (Å²) in [6, 6.07) is 11.4. The molecule has 0 unspecified atom stereocenters. The van der Waals surface area contributed by atoms with E-state index in [1.807, 2.05) is 18.2 Å². The number of nitrogens with zero attached hydrogens (tertiary/aromatic N) is 2. The minimum absolute atomic E-state index is 0.130. The molecule has 0 amide bonds. The predicted octanol–water partition coefficient (Wildman–Crippen LogP) is 1.99. The predicted molar refractivity (Wildman–Crippen MR) is 78.3 cm³/mol. The lowest BCUT2D eigenvalue weighted by atomic mass is 10.1. The van der Waals surface area contributed by atoms with Gasteiger partial charge in [0.05, 0.1) is 5.69 Å². The zero-order valence-corrected chi connectivity index (χ0v) is 11.7. The molecule has 0 spiro atoms. The second-order valence-corrected chi connectivity index (χ2v) is 4.53. The number of rotatable bonds is 7. The quantitative estimate of drug-likeness (QED) is 0.623. The van der Waals surface area contributed by atoms with Crippen molar-refractivity contribution in [3.05, 3.63) is 59.9 Å². The monoisotopic (exact) mass is 298 g/mol. The molecule has 0 aliphatic carbocycles. The Kier molecular flexibility index (Phi) is 5.40. The molecule has 0 aliphatic heterocycles. The standard InChI is InChI=1S/C16H14N2O4/c19-11-18-15(16(20)21)9-12-4-6-14(7-5-12)22-10-13-3-1-2-8-17-13/h1-8,15H,9-10H2,(H,20,21)/t15-/m0/s1. The molecule has 0 saturated heterocycles. The summed E-state index contributed by atoms with van der Waals surface area (Å²) in [4.78, 5) is 28.5. The fourth-order valence-corrected chi connectivity index (χ4v) is 1.84. The number of carboxylic acid groups (broad SMARTS) is 1. The van der Waals surface area contributed by atoms with E-state index in [-0.39, 0.29) is 6.42 Å². The molecular formula is C16H14N2O4. The fraction of sp³-hybridized carbons (Fsp3) is 0.188. The smallest absolute Gasteiger partial charge is 0.329 e. The third-order valence-corrected chi connectivity index (χ3v) is 2.96. The number of ether oxygens (including phenoxy) is 1. The van der Waals surface area contributed by atoms with Crippen molar-refractivity contribution in [1.29, 1.82) is 0 Å². The lowest BCUT2D eigenvalue weighted by molar-refractivity contribution is -0.138. The van der Waals surface area contributed by atoms with Gasteiger partial charge in [0.1, 0.15) is 12.4 Å². The average Bonchev–Trinajstić information content (AvgIpc) is 2.54. The van der Waals surface area contributed by atoms with E-state index in [2.05, 4.69) is 9.98 Å². The zero-order chi connectivity index (χ0) is 15.8. The van der Waals surface area contributed by atoms with Gasteiger partial charge in [-0.3, -0.25) is 4.98 Å². The Morgan fingerprint density at radius 1 is 1.27 bits per heavy atom. The Morgan fingerprint density at radius 3 is 2.64 bits per heavy atom. The van der Waals surface area contributed by atoms with Crippen LogP contribution in [0.3, 0.4) is 0 Å². The van der Waals surface area contributed by atoms with Crippen LogP contribution in [0.25, 0.3) is 0 Å². The van der Waals surface area contributed by atoms with Gasteiger partial charge in [0, 0.05) is 12.6 Å². The molecule has 6 nitrogen and oxygen atoms in total. The Labute approximate surface area is 127 Å². The number of pyridine rings is 1. The van der Waals surface area contributed by atoms with Crippen LogP contribution in [-0.4, -0.2) is 28.2 Å². The first kappa shape index (κ1) is 15.4. The summed E-state index contributed by atoms with van der Waals surface area (Å²) >= 11 is 0. The highest BCUT2D eigenvalue weighted by Gasteiger charge is 2.16. The second kappa shape index (κ2) is 7.71. The third-order valence-electron chi connectivity index (χ3n) is 2.96. The van der Waals surface area contributed by atoms with Gasteiger partial charge in [0.25, 0.3) is 0 Å². The van der Waals surface area contributed by atoms with E-state index in [4.69, 9.17) is 9.84 Å². The third kappa shape index (κ3) is 4.54. The maximum atomic E-state index is 10.9. The summed E-state index contributed by atoms with van der Waals surface area (Å²) in [6.45, 7) is 0.355. The topological polar surface area (TPSA) is 88.9 Å². The molecule has 6 heteroatoms. The number of aromatic nitrogens is 1. The van der Waals surface area contributed by atoms with Crippen molar-refractivity contribution in [3.8, 4) is 5.75 Å². The summed E-state index contributed by atoms with van der Waals surface area (Å²) in [6.07, 6.45) is 3.11. The lowest BCUT2D eigenvalue weighted by Gasteiger charge is -2.08. The summed E-state index contributed by atoms with van der Waals surface area (Å²) in [7, 11) is 0. The summed E-state index contributed by atoms with van der Waals surface area (Å²) in [5.41, 5.74) is 1.56. The molecule has 0 fully saturated rings. The van der Waals surface area contributed by atoms with Gasteiger partial charge in [-0.2, -0.15) is 4.99 Å². The molecule has 2 rings (SSSR count). The molecule has 1 aromatic heterocycles. The van der Waals surface area contributed by atoms with Crippen LogP contribution in [0.5, 0.6) is 5.75 Å². The van der Waals surface area contributed by atoms with E-state index < -0.39 is 12.0 Å². The number of aliphatic carboxylic acids is 1. The minimum atomic E-state index is -1.15. The van der Waals surface area contributed by atoms with Crippen molar-refractivity contribution in [1.82, 2.24) is 4.98 Å². The van der Waals surface area contributed by atoms with Gasteiger partial charge in [-0.15, -0.1) is 0 Å². The highest BCUT2D eigenvalue weighted by molar-refractivity contribution is 5.75. The molecule has 1 atom stereocenters. The van der Waals surface area contributed by atoms with Gasteiger partial charge >= 0.3 is 5.97 Å². The SMILES string of the molecule is O=C=N[C@@H](Cc1ccc(OCc2ccccn2)cc1)C(=O)O. The number of isocyanates is 1. The van der Waals surface area contributed by atoms with Gasteiger partial charge in [-0.05, 0) is 29.8 Å². The number of hydrogen-bond donors (Lipinski definition) is 1. The normalized spacial score (nSPS) is 11.3. The van der Waals surface area contributed by atoms with Crippen molar-refractivity contribution >= 4 is 12.0 Å². The Bertz CT molecular complexity index is 662. The van der Waals surface area contributed by atoms with Crippen molar-refractivity contribution < 1.29 is 19.4 Å². The molecule has 0 saturated carbocycles. The van der Waals surface area contributed by atoms with Crippen LogP contribution >= 0.6 is 0 Å². The molecule has 1 heterocycles. The summed E-state index contributed by atoms with van der Waals surface area (Å²) in [5, 5.41) is 8.93. The van der Waals surface area contributed by atoms with Gasteiger partial charge in [-0.1, -0.05) is 18.2 Å². The van der Waals surface area contributed by atoms with Crippen LogP contribution in [0.1, 0.15) is 11.3 Å². The van der Waals surface area contributed by atoms with Gasteiger partial charge in [-0.25, -0.2) is 9.59 Å².